The minimum atomic E-state index is -0.418. The van der Waals surface area contributed by atoms with Gasteiger partial charge in [-0.05, 0) is 69.0 Å². The van der Waals surface area contributed by atoms with Crippen LogP contribution in [-0.2, 0) is 4.79 Å². The van der Waals surface area contributed by atoms with Gasteiger partial charge in [0, 0.05) is 15.8 Å². The van der Waals surface area contributed by atoms with E-state index in [-0.39, 0.29) is 17.2 Å². The Morgan fingerprint density at radius 1 is 1.20 bits per heavy atom. The number of benzene rings is 1. The zero-order chi connectivity index (χ0) is 21.4. The normalized spacial score (nSPS) is 15.1. The maximum absolute atomic E-state index is 13.4. The topological polar surface area (TPSA) is 74.9 Å². The largest absolute Gasteiger partial charge is 0.349 e. The average molecular weight is 436 g/mol. The number of aryl methyl sites for hydroxylation is 3. The predicted molar refractivity (Wildman–Crippen MR) is 121 cm³/mol. The number of hydrogen-bond donors (Lipinski definition) is 1. The molecule has 0 radical (unpaired) electrons. The standard InChI is InChI=1S/C23H21N3O2S2/c1-13-4-5-14(2)19(10-13)26-22(28)20(11-17-9-6-15(3)29-17)30-23(26)18(12-24)21(27)25-16-7-8-16/h4-6,9-11,16H,7-8H2,1-3H3,(H,25,27)/b20-11-,23-18-. The molecular weight excluding hydrogens is 414 g/mol. The lowest BCUT2D eigenvalue weighted by molar-refractivity contribution is -0.115. The highest BCUT2D eigenvalue weighted by atomic mass is 32.1. The minimum absolute atomic E-state index is 0.0214. The van der Waals surface area contributed by atoms with Crippen molar-refractivity contribution in [2.24, 2.45) is 0 Å². The van der Waals surface area contributed by atoms with Gasteiger partial charge in [0.2, 0.25) is 0 Å². The second-order valence-corrected chi connectivity index (χ2v) is 9.88. The number of amides is 1. The van der Waals surface area contributed by atoms with Crippen LogP contribution in [0.2, 0.25) is 0 Å². The van der Waals surface area contributed by atoms with Crippen molar-refractivity contribution in [3.05, 3.63) is 70.8 Å². The van der Waals surface area contributed by atoms with Crippen molar-refractivity contribution in [1.29, 1.82) is 5.26 Å². The molecule has 1 amide bonds. The van der Waals surface area contributed by atoms with E-state index < -0.39 is 5.91 Å². The zero-order valence-electron chi connectivity index (χ0n) is 17.0. The van der Waals surface area contributed by atoms with Crippen LogP contribution in [0.25, 0.3) is 17.3 Å². The van der Waals surface area contributed by atoms with E-state index in [0.717, 1.165) is 33.7 Å². The first-order chi connectivity index (χ1) is 14.4. The van der Waals surface area contributed by atoms with Gasteiger partial charge in [-0.25, -0.2) is 0 Å². The van der Waals surface area contributed by atoms with Crippen molar-refractivity contribution in [2.75, 3.05) is 0 Å². The Hall–Kier alpha value is -2.95. The molecular formula is C23H21N3O2S2. The number of thiazole rings is 1. The Morgan fingerprint density at radius 2 is 1.97 bits per heavy atom. The Kier molecular flexibility index (Phi) is 5.46. The van der Waals surface area contributed by atoms with Gasteiger partial charge in [-0.15, -0.1) is 22.7 Å². The molecule has 0 atom stereocenters. The van der Waals surface area contributed by atoms with E-state index in [1.54, 1.807) is 11.3 Å². The van der Waals surface area contributed by atoms with Crippen molar-refractivity contribution in [3.8, 4) is 11.8 Å². The number of nitrogens with one attached hydrogen (secondary N) is 1. The predicted octanol–water partition coefficient (Wildman–Crippen LogP) is 2.67. The van der Waals surface area contributed by atoms with Gasteiger partial charge in [-0.2, -0.15) is 5.26 Å². The fraction of sp³-hybridized carbons (Fsp3) is 0.261. The molecule has 0 bridgehead atoms. The smallest absolute Gasteiger partial charge is 0.273 e. The zero-order valence-corrected chi connectivity index (χ0v) is 18.6. The van der Waals surface area contributed by atoms with Crippen LogP contribution in [0.3, 0.4) is 0 Å². The van der Waals surface area contributed by atoms with Gasteiger partial charge >= 0.3 is 0 Å². The molecule has 4 rings (SSSR count). The van der Waals surface area contributed by atoms with Crippen LogP contribution in [0.1, 0.15) is 33.7 Å². The van der Waals surface area contributed by atoms with Gasteiger partial charge in [0.25, 0.3) is 11.5 Å². The SMILES string of the molecule is Cc1ccc(C)c(-n2c(=O)/c(=C/c3ccc(C)s3)s/c2=C(/C#N)C(=O)NC2CC2)c1. The summed E-state index contributed by atoms with van der Waals surface area (Å²) in [5.41, 5.74) is 2.36. The Morgan fingerprint density at radius 3 is 2.60 bits per heavy atom. The lowest BCUT2D eigenvalue weighted by atomic mass is 10.1. The summed E-state index contributed by atoms with van der Waals surface area (Å²) >= 11 is 2.79. The van der Waals surface area contributed by atoms with Crippen molar-refractivity contribution in [2.45, 2.75) is 39.7 Å². The van der Waals surface area contributed by atoms with E-state index in [1.165, 1.54) is 15.9 Å². The third-order valence-corrected chi connectivity index (χ3v) is 6.97. The maximum atomic E-state index is 13.4. The number of nitrogens with zero attached hydrogens (tertiary/aromatic N) is 2. The molecule has 1 aliphatic carbocycles. The molecule has 0 aliphatic heterocycles. The minimum Gasteiger partial charge on any atom is -0.349 e. The van der Waals surface area contributed by atoms with Crippen LogP contribution < -0.4 is 20.1 Å². The van der Waals surface area contributed by atoms with E-state index in [9.17, 15) is 14.9 Å². The average Bonchev–Trinajstić information content (AvgIpc) is 3.34. The molecule has 1 aliphatic rings. The molecule has 5 nitrogen and oxygen atoms in total. The molecule has 0 saturated heterocycles. The second-order valence-electron chi connectivity index (χ2n) is 7.53. The molecule has 152 valence electrons. The maximum Gasteiger partial charge on any atom is 0.273 e. The molecule has 2 heterocycles. The number of rotatable bonds is 4. The van der Waals surface area contributed by atoms with E-state index in [2.05, 4.69) is 5.32 Å². The first-order valence-electron chi connectivity index (χ1n) is 9.70. The summed E-state index contributed by atoms with van der Waals surface area (Å²) in [6, 6.07) is 12.0. The fourth-order valence-electron chi connectivity index (χ4n) is 3.17. The number of thiophene rings is 1. The Labute approximate surface area is 182 Å². The summed E-state index contributed by atoms with van der Waals surface area (Å²) in [5, 5.41) is 12.7. The first-order valence-corrected chi connectivity index (χ1v) is 11.3. The van der Waals surface area contributed by atoms with E-state index in [1.807, 2.05) is 63.2 Å². The van der Waals surface area contributed by atoms with Crippen LogP contribution >= 0.6 is 22.7 Å². The van der Waals surface area contributed by atoms with Crippen molar-refractivity contribution in [1.82, 2.24) is 9.88 Å². The molecule has 1 saturated carbocycles. The first kappa shape index (κ1) is 20.3. The highest BCUT2D eigenvalue weighted by Crippen LogP contribution is 2.19. The van der Waals surface area contributed by atoms with Crippen LogP contribution in [0, 0.1) is 32.1 Å². The van der Waals surface area contributed by atoms with Gasteiger partial charge in [-0.1, -0.05) is 12.1 Å². The lowest BCUT2D eigenvalue weighted by Gasteiger charge is -2.09. The van der Waals surface area contributed by atoms with Crippen molar-refractivity contribution >= 4 is 40.2 Å². The highest BCUT2D eigenvalue weighted by molar-refractivity contribution is 7.13. The molecule has 0 unspecified atom stereocenters. The molecule has 1 N–H and O–H groups in total. The molecule has 2 aromatic heterocycles. The third-order valence-electron chi connectivity index (χ3n) is 4.93. The molecule has 1 fully saturated rings. The quantitative estimate of drug-likeness (QED) is 0.685. The fourth-order valence-corrected chi connectivity index (χ4v) is 5.15. The van der Waals surface area contributed by atoms with Gasteiger partial charge < -0.3 is 5.32 Å². The van der Waals surface area contributed by atoms with Gasteiger partial charge in [0.1, 0.15) is 10.7 Å². The summed E-state index contributed by atoms with van der Waals surface area (Å²) in [7, 11) is 0. The molecule has 3 aromatic rings. The second kappa shape index (κ2) is 8.05. The highest BCUT2D eigenvalue weighted by Gasteiger charge is 2.26. The van der Waals surface area contributed by atoms with Crippen molar-refractivity contribution < 1.29 is 4.79 Å². The van der Waals surface area contributed by atoms with E-state index >= 15 is 0 Å². The molecule has 0 spiro atoms. The monoisotopic (exact) mass is 435 g/mol. The summed E-state index contributed by atoms with van der Waals surface area (Å²) in [6.45, 7) is 5.89. The van der Waals surface area contributed by atoms with Crippen LogP contribution in [0.15, 0.2) is 35.1 Å². The van der Waals surface area contributed by atoms with Crippen LogP contribution in [0.5, 0.6) is 0 Å². The Balaban J connectivity index is 2.04. The Bertz CT molecular complexity index is 1360. The van der Waals surface area contributed by atoms with Gasteiger partial charge in [0.15, 0.2) is 5.57 Å². The van der Waals surface area contributed by atoms with E-state index in [0.29, 0.717) is 14.9 Å². The van der Waals surface area contributed by atoms with Gasteiger partial charge in [-0.3, -0.25) is 14.2 Å². The van der Waals surface area contributed by atoms with Crippen molar-refractivity contribution in [3.63, 3.8) is 0 Å². The van der Waals surface area contributed by atoms with E-state index in [4.69, 9.17) is 0 Å². The summed E-state index contributed by atoms with van der Waals surface area (Å²) in [6.07, 6.45) is 3.69. The van der Waals surface area contributed by atoms with Crippen LogP contribution in [0.4, 0.5) is 0 Å². The number of aromatic nitrogens is 1. The molecule has 1 aromatic carbocycles. The number of hydrogen-bond acceptors (Lipinski definition) is 5. The number of carbonyl (C=O) groups is 1. The van der Waals surface area contributed by atoms with Crippen LogP contribution in [-0.4, -0.2) is 16.5 Å². The summed E-state index contributed by atoms with van der Waals surface area (Å²) in [5.74, 6) is -0.418. The van der Waals surface area contributed by atoms with Gasteiger partial charge in [0.05, 0.1) is 10.2 Å². The third kappa shape index (κ3) is 4.02. The molecule has 30 heavy (non-hydrogen) atoms. The number of carbonyl (C=O) groups excluding carboxylic acids is 1. The summed E-state index contributed by atoms with van der Waals surface area (Å²) in [4.78, 5) is 28.3. The number of nitriles is 1. The molecule has 7 heteroatoms. The lowest BCUT2D eigenvalue weighted by Crippen LogP contribution is -2.34. The summed E-state index contributed by atoms with van der Waals surface area (Å²) < 4.78 is 2.39.